The van der Waals surface area contributed by atoms with E-state index in [4.69, 9.17) is 0 Å². The summed E-state index contributed by atoms with van der Waals surface area (Å²) in [5.74, 6) is 1.35. The van der Waals surface area contributed by atoms with Gasteiger partial charge in [0.1, 0.15) is 0 Å². The molecule has 2 unspecified atom stereocenters. The Morgan fingerprint density at radius 2 is 1.89 bits per heavy atom. The van der Waals surface area contributed by atoms with Gasteiger partial charge in [0.15, 0.2) is 0 Å². The monoisotopic (exact) mass is 275 g/mol. The first-order valence-electron chi connectivity index (χ1n) is 7.21. The third-order valence-electron chi connectivity index (χ3n) is 3.73. The molecule has 0 N–H and O–H groups in total. The first-order valence-corrected chi connectivity index (χ1v) is 8.15. The molecule has 0 amide bonds. The van der Waals surface area contributed by atoms with Crippen molar-refractivity contribution >= 4 is 17.4 Å². The van der Waals surface area contributed by atoms with E-state index in [1.807, 2.05) is 11.8 Å². The van der Waals surface area contributed by atoms with Gasteiger partial charge in [-0.15, -0.1) is 11.8 Å². The first kappa shape index (κ1) is 14.5. The second kappa shape index (κ2) is 6.04. The van der Waals surface area contributed by atoms with Crippen LogP contribution in [-0.4, -0.2) is 5.37 Å². The van der Waals surface area contributed by atoms with E-state index in [0.29, 0.717) is 11.3 Å². The number of thioether (sulfide) groups is 1. The summed E-state index contributed by atoms with van der Waals surface area (Å²) in [5.41, 5.74) is 4.24. The molecule has 104 valence electrons. The van der Waals surface area contributed by atoms with Crippen molar-refractivity contribution in [3.05, 3.63) is 40.9 Å². The number of hydrogen-bond acceptors (Lipinski definition) is 2. The number of allylic oxidation sites excluding steroid dienone is 1. The molecule has 0 saturated heterocycles. The van der Waals surface area contributed by atoms with Crippen molar-refractivity contribution in [2.24, 2.45) is 5.92 Å². The Labute approximate surface area is 122 Å². The molecule has 1 heterocycles. The lowest BCUT2D eigenvalue weighted by atomic mass is 9.90. The Hall–Kier alpha value is -0.890. The molecule has 0 saturated carbocycles. The molecule has 2 atom stereocenters. The van der Waals surface area contributed by atoms with Crippen LogP contribution >= 0.6 is 11.8 Å². The molecule has 0 radical (unpaired) electrons. The van der Waals surface area contributed by atoms with Gasteiger partial charge in [0.25, 0.3) is 0 Å². The zero-order valence-corrected chi connectivity index (χ0v) is 13.5. The molecular formula is C17H25NS. The van der Waals surface area contributed by atoms with E-state index in [1.165, 1.54) is 23.4 Å². The summed E-state index contributed by atoms with van der Waals surface area (Å²) in [6.45, 7) is 11.4. The van der Waals surface area contributed by atoms with Gasteiger partial charge in [-0.1, -0.05) is 39.0 Å². The summed E-state index contributed by atoms with van der Waals surface area (Å²) in [4.78, 5) is 2.47. The van der Waals surface area contributed by atoms with E-state index in [-0.39, 0.29) is 0 Å². The maximum Gasteiger partial charge on any atom is 0.0809 e. The quantitative estimate of drug-likeness (QED) is 0.704. The molecule has 2 rings (SSSR count). The molecule has 0 fully saturated rings. The van der Waals surface area contributed by atoms with Crippen molar-refractivity contribution in [2.75, 3.05) is 4.90 Å². The molecule has 1 aliphatic rings. The van der Waals surface area contributed by atoms with Crippen LogP contribution in [0.2, 0.25) is 0 Å². The number of anilines is 1. The Morgan fingerprint density at radius 3 is 2.47 bits per heavy atom. The fraction of sp³-hybridized carbons (Fsp3) is 0.529. The van der Waals surface area contributed by atoms with Crippen molar-refractivity contribution in [1.82, 2.24) is 0 Å². The molecular weight excluding hydrogens is 250 g/mol. The van der Waals surface area contributed by atoms with Crippen LogP contribution in [0, 0.1) is 5.92 Å². The average molecular weight is 275 g/mol. The minimum absolute atomic E-state index is 0.507. The lowest BCUT2D eigenvalue weighted by molar-refractivity contribution is 0.523. The van der Waals surface area contributed by atoms with E-state index in [2.05, 4.69) is 69.2 Å². The van der Waals surface area contributed by atoms with Gasteiger partial charge in [0.2, 0.25) is 0 Å². The van der Waals surface area contributed by atoms with Crippen LogP contribution in [0.15, 0.2) is 35.4 Å². The van der Waals surface area contributed by atoms with Crippen molar-refractivity contribution in [1.29, 1.82) is 0 Å². The smallest absolute Gasteiger partial charge is 0.0809 e. The van der Waals surface area contributed by atoms with Gasteiger partial charge >= 0.3 is 0 Å². The molecule has 1 aromatic rings. The molecule has 0 aliphatic carbocycles. The van der Waals surface area contributed by atoms with Gasteiger partial charge in [-0.05, 0) is 49.1 Å². The highest BCUT2D eigenvalue weighted by Crippen LogP contribution is 2.40. The zero-order chi connectivity index (χ0) is 14.0. The van der Waals surface area contributed by atoms with E-state index in [0.717, 1.165) is 5.92 Å². The molecule has 1 nitrogen and oxygen atoms in total. The zero-order valence-electron chi connectivity index (χ0n) is 12.7. The Morgan fingerprint density at radius 1 is 1.21 bits per heavy atom. The van der Waals surface area contributed by atoms with Crippen molar-refractivity contribution < 1.29 is 0 Å². The summed E-state index contributed by atoms with van der Waals surface area (Å²) >= 11 is 1.91. The van der Waals surface area contributed by atoms with Crippen LogP contribution < -0.4 is 4.90 Å². The Kier molecular flexibility index (Phi) is 4.62. The average Bonchev–Trinajstić information content (AvgIpc) is 2.68. The molecule has 1 aliphatic heterocycles. The summed E-state index contributed by atoms with van der Waals surface area (Å²) in [5, 5.41) is 2.78. The number of rotatable bonds is 4. The fourth-order valence-electron chi connectivity index (χ4n) is 2.94. The summed E-state index contributed by atoms with van der Waals surface area (Å²) < 4.78 is 0. The van der Waals surface area contributed by atoms with Crippen LogP contribution in [0.5, 0.6) is 0 Å². The summed E-state index contributed by atoms with van der Waals surface area (Å²) in [6.07, 6.45) is 1.25. The van der Waals surface area contributed by atoms with Crippen LogP contribution in [-0.2, 0) is 0 Å². The van der Waals surface area contributed by atoms with Gasteiger partial charge in [0, 0.05) is 11.4 Å². The molecule has 19 heavy (non-hydrogen) atoms. The topological polar surface area (TPSA) is 3.24 Å². The lowest BCUT2D eigenvalue weighted by Crippen LogP contribution is -2.26. The summed E-state index contributed by atoms with van der Waals surface area (Å²) in [7, 11) is 0. The predicted octanol–water partition coefficient (Wildman–Crippen LogP) is 5.60. The van der Waals surface area contributed by atoms with Crippen molar-refractivity contribution in [2.45, 2.75) is 52.3 Å². The third kappa shape index (κ3) is 3.17. The molecule has 0 bridgehead atoms. The SMILES string of the molecule is CC1=CSC(C)N1c1ccccc1C(C)CC(C)C. The van der Waals surface area contributed by atoms with Gasteiger partial charge in [-0.25, -0.2) is 0 Å². The van der Waals surface area contributed by atoms with E-state index < -0.39 is 0 Å². The third-order valence-corrected chi connectivity index (χ3v) is 4.81. The van der Waals surface area contributed by atoms with E-state index >= 15 is 0 Å². The highest BCUT2D eigenvalue weighted by molar-refractivity contribution is 8.03. The second-order valence-corrected chi connectivity index (χ2v) is 7.14. The highest BCUT2D eigenvalue weighted by atomic mass is 32.2. The van der Waals surface area contributed by atoms with Crippen LogP contribution in [0.3, 0.4) is 0 Å². The largest absolute Gasteiger partial charge is 0.332 e. The van der Waals surface area contributed by atoms with Crippen molar-refractivity contribution in [3.63, 3.8) is 0 Å². The minimum atomic E-state index is 0.507. The van der Waals surface area contributed by atoms with Gasteiger partial charge in [-0.2, -0.15) is 0 Å². The van der Waals surface area contributed by atoms with E-state index in [9.17, 15) is 0 Å². The van der Waals surface area contributed by atoms with Crippen molar-refractivity contribution in [3.8, 4) is 0 Å². The number of hydrogen-bond donors (Lipinski definition) is 0. The van der Waals surface area contributed by atoms with Gasteiger partial charge < -0.3 is 4.90 Å². The standard InChI is InChI=1S/C17H25NS/c1-12(2)10-13(3)16-8-6-7-9-17(16)18-14(4)11-19-15(18)5/h6-9,11-13,15H,10H2,1-5H3. The van der Waals surface area contributed by atoms with Gasteiger partial charge in [-0.3, -0.25) is 0 Å². The van der Waals surface area contributed by atoms with Gasteiger partial charge in [0.05, 0.1) is 5.37 Å². The molecule has 0 spiro atoms. The number of para-hydroxylation sites is 1. The van der Waals surface area contributed by atoms with Crippen LogP contribution in [0.25, 0.3) is 0 Å². The maximum absolute atomic E-state index is 2.47. The summed E-state index contributed by atoms with van der Waals surface area (Å²) in [6, 6.07) is 8.89. The first-order chi connectivity index (χ1) is 9.00. The Bertz CT molecular complexity index is 464. The molecule has 1 aromatic carbocycles. The fourth-order valence-corrected chi connectivity index (χ4v) is 3.85. The van der Waals surface area contributed by atoms with Crippen LogP contribution in [0.4, 0.5) is 5.69 Å². The van der Waals surface area contributed by atoms with Crippen LogP contribution in [0.1, 0.15) is 52.5 Å². The lowest BCUT2D eigenvalue weighted by Gasteiger charge is -2.29. The normalized spacial score (nSPS) is 20.8. The minimum Gasteiger partial charge on any atom is -0.332 e. The molecule has 0 aromatic heterocycles. The maximum atomic E-state index is 2.47. The van der Waals surface area contributed by atoms with E-state index in [1.54, 1.807) is 0 Å². The predicted molar refractivity (Wildman–Crippen MR) is 87.6 cm³/mol. The highest BCUT2D eigenvalue weighted by Gasteiger charge is 2.25. The Balaban J connectivity index is 2.33. The second-order valence-electron chi connectivity index (χ2n) is 5.95. The number of nitrogens with zero attached hydrogens (tertiary/aromatic N) is 1. The number of benzene rings is 1. The molecule has 2 heteroatoms.